The summed E-state index contributed by atoms with van der Waals surface area (Å²) in [7, 11) is 0. The minimum absolute atomic E-state index is 0.0328. The molecule has 1 aliphatic rings. The van der Waals surface area contributed by atoms with Gasteiger partial charge in [-0.25, -0.2) is 4.98 Å². The summed E-state index contributed by atoms with van der Waals surface area (Å²) in [5.74, 6) is -0.429. The maximum Gasteiger partial charge on any atom is 0.229 e. The van der Waals surface area contributed by atoms with Crippen LogP contribution in [0.15, 0.2) is 43.0 Å². The molecule has 4 rings (SSSR count). The van der Waals surface area contributed by atoms with E-state index < -0.39 is 0 Å². The Morgan fingerprint density at radius 2 is 2.15 bits per heavy atom. The summed E-state index contributed by atoms with van der Waals surface area (Å²) in [6.07, 6.45) is 7.23. The first-order chi connectivity index (χ1) is 12.6. The van der Waals surface area contributed by atoms with E-state index in [1.807, 2.05) is 31.3 Å². The van der Waals surface area contributed by atoms with Crippen LogP contribution in [0.2, 0.25) is 0 Å². The van der Waals surface area contributed by atoms with E-state index in [4.69, 9.17) is 0 Å². The number of hydrogen-bond donors (Lipinski definition) is 2. The van der Waals surface area contributed by atoms with Crippen LogP contribution in [0.3, 0.4) is 0 Å². The first-order valence-electron chi connectivity index (χ1n) is 8.61. The molecule has 2 N–H and O–H groups in total. The fraction of sp³-hybridized carbons (Fsp3) is 0.263. The van der Waals surface area contributed by atoms with Crippen LogP contribution in [0, 0.1) is 5.92 Å². The van der Waals surface area contributed by atoms with Gasteiger partial charge in [-0.05, 0) is 25.1 Å². The van der Waals surface area contributed by atoms with Gasteiger partial charge in [0.25, 0.3) is 0 Å². The van der Waals surface area contributed by atoms with Crippen LogP contribution in [0.25, 0.3) is 22.2 Å². The fourth-order valence-corrected chi connectivity index (χ4v) is 3.26. The highest BCUT2D eigenvalue weighted by molar-refractivity contribution is 5.97. The molecule has 3 aromatic heterocycles. The van der Waals surface area contributed by atoms with Gasteiger partial charge in [0.2, 0.25) is 11.8 Å². The lowest BCUT2D eigenvalue weighted by Gasteiger charge is -2.14. The van der Waals surface area contributed by atoms with Crippen molar-refractivity contribution in [3.05, 3.63) is 43.0 Å². The number of likely N-dealkylation sites (tertiary alicyclic amines) is 1. The second-order valence-electron chi connectivity index (χ2n) is 6.42. The van der Waals surface area contributed by atoms with E-state index >= 15 is 0 Å². The third-order valence-corrected chi connectivity index (χ3v) is 4.71. The fourth-order valence-electron chi connectivity index (χ4n) is 3.26. The zero-order chi connectivity index (χ0) is 18.1. The van der Waals surface area contributed by atoms with Gasteiger partial charge < -0.3 is 15.2 Å². The predicted octanol–water partition coefficient (Wildman–Crippen LogP) is 2.43. The Morgan fingerprint density at radius 1 is 1.31 bits per heavy atom. The number of fused-ring (bicyclic) bond motifs is 1. The maximum atomic E-state index is 12.5. The highest BCUT2D eigenvalue weighted by Crippen LogP contribution is 2.25. The monoisotopic (exact) mass is 349 g/mol. The zero-order valence-electron chi connectivity index (χ0n) is 14.4. The van der Waals surface area contributed by atoms with Crippen LogP contribution < -0.4 is 5.32 Å². The number of carbonyl (C=O) groups excluding carboxylic acids is 2. The molecular formula is C19H19N5O2. The second kappa shape index (κ2) is 6.59. The van der Waals surface area contributed by atoms with Crippen molar-refractivity contribution in [1.29, 1.82) is 0 Å². The van der Waals surface area contributed by atoms with Gasteiger partial charge in [-0.1, -0.05) is 0 Å². The Kier molecular flexibility index (Phi) is 4.12. The van der Waals surface area contributed by atoms with Crippen molar-refractivity contribution in [2.75, 3.05) is 18.4 Å². The first-order valence-corrected chi connectivity index (χ1v) is 8.61. The molecule has 0 radical (unpaired) electrons. The molecule has 1 fully saturated rings. The Labute approximate surface area is 150 Å². The number of H-pyrrole nitrogens is 1. The van der Waals surface area contributed by atoms with E-state index in [1.165, 1.54) is 0 Å². The predicted molar refractivity (Wildman–Crippen MR) is 98.3 cm³/mol. The Bertz CT molecular complexity index is 981. The summed E-state index contributed by atoms with van der Waals surface area (Å²) in [6, 6.07) is 5.85. The SMILES string of the molecule is CCN1CC(C(=O)Nc2cncc(-c3cnc4[nH]ccc4c3)c2)CC1=O. The number of amides is 2. The van der Waals surface area contributed by atoms with E-state index in [0.717, 1.165) is 22.2 Å². The molecule has 0 saturated carbocycles. The van der Waals surface area contributed by atoms with E-state index in [0.29, 0.717) is 18.8 Å². The van der Waals surface area contributed by atoms with Crippen molar-refractivity contribution >= 4 is 28.5 Å². The van der Waals surface area contributed by atoms with Crippen LogP contribution in [-0.4, -0.2) is 44.8 Å². The molecular weight excluding hydrogens is 330 g/mol. The van der Waals surface area contributed by atoms with Crippen molar-refractivity contribution in [3.63, 3.8) is 0 Å². The van der Waals surface area contributed by atoms with Crippen LogP contribution in [0.1, 0.15) is 13.3 Å². The quantitative estimate of drug-likeness (QED) is 0.757. The minimum Gasteiger partial charge on any atom is -0.346 e. The number of aromatic amines is 1. The van der Waals surface area contributed by atoms with Crippen molar-refractivity contribution < 1.29 is 9.59 Å². The number of rotatable bonds is 4. The van der Waals surface area contributed by atoms with Crippen molar-refractivity contribution in [3.8, 4) is 11.1 Å². The number of nitrogens with one attached hydrogen (secondary N) is 2. The third-order valence-electron chi connectivity index (χ3n) is 4.71. The van der Waals surface area contributed by atoms with Gasteiger partial charge >= 0.3 is 0 Å². The van der Waals surface area contributed by atoms with Crippen molar-refractivity contribution in [2.45, 2.75) is 13.3 Å². The molecule has 1 unspecified atom stereocenters. The third kappa shape index (κ3) is 3.03. The van der Waals surface area contributed by atoms with Gasteiger partial charge in [0, 0.05) is 54.6 Å². The molecule has 0 bridgehead atoms. The van der Waals surface area contributed by atoms with Gasteiger partial charge in [0.05, 0.1) is 17.8 Å². The topological polar surface area (TPSA) is 91.0 Å². The Hall–Kier alpha value is -3.22. The summed E-state index contributed by atoms with van der Waals surface area (Å²) < 4.78 is 0. The van der Waals surface area contributed by atoms with E-state index in [9.17, 15) is 9.59 Å². The zero-order valence-corrected chi connectivity index (χ0v) is 14.4. The number of hydrogen-bond acceptors (Lipinski definition) is 4. The van der Waals surface area contributed by atoms with E-state index in [1.54, 1.807) is 23.5 Å². The smallest absolute Gasteiger partial charge is 0.229 e. The highest BCUT2D eigenvalue weighted by Gasteiger charge is 2.33. The molecule has 4 heterocycles. The van der Waals surface area contributed by atoms with Crippen molar-refractivity contribution in [2.24, 2.45) is 5.92 Å². The second-order valence-corrected chi connectivity index (χ2v) is 6.42. The van der Waals surface area contributed by atoms with Crippen LogP contribution >= 0.6 is 0 Å². The normalized spacial score (nSPS) is 17.0. The summed E-state index contributed by atoms with van der Waals surface area (Å²) in [6.45, 7) is 3.03. The molecule has 0 aliphatic carbocycles. The highest BCUT2D eigenvalue weighted by atomic mass is 16.2. The van der Waals surface area contributed by atoms with Gasteiger partial charge in [-0.3, -0.25) is 14.6 Å². The van der Waals surface area contributed by atoms with E-state index in [2.05, 4.69) is 20.3 Å². The van der Waals surface area contributed by atoms with Gasteiger partial charge in [0.1, 0.15) is 5.65 Å². The van der Waals surface area contributed by atoms with Gasteiger partial charge in [0.15, 0.2) is 0 Å². The number of pyridine rings is 2. The molecule has 7 heteroatoms. The van der Waals surface area contributed by atoms with Gasteiger partial charge in [-0.15, -0.1) is 0 Å². The molecule has 1 aliphatic heterocycles. The Morgan fingerprint density at radius 3 is 2.96 bits per heavy atom. The summed E-state index contributed by atoms with van der Waals surface area (Å²) in [4.78, 5) is 37.7. The average molecular weight is 349 g/mol. The molecule has 1 saturated heterocycles. The van der Waals surface area contributed by atoms with Crippen LogP contribution in [-0.2, 0) is 9.59 Å². The number of carbonyl (C=O) groups is 2. The van der Waals surface area contributed by atoms with Crippen LogP contribution in [0.4, 0.5) is 5.69 Å². The Balaban J connectivity index is 1.52. The molecule has 1 atom stereocenters. The lowest BCUT2D eigenvalue weighted by atomic mass is 10.1. The summed E-state index contributed by atoms with van der Waals surface area (Å²) in [5.41, 5.74) is 3.24. The van der Waals surface area contributed by atoms with Gasteiger partial charge in [-0.2, -0.15) is 0 Å². The number of aromatic nitrogens is 3. The largest absolute Gasteiger partial charge is 0.346 e. The molecule has 132 valence electrons. The van der Waals surface area contributed by atoms with Crippen molar-refractivity contribution in [1.82, 2.24) is 19.9 Å². The molecule has 7 nitrogen and oxygen atoms in total. The molecule has 0 spiro atoms. The number of anilines is 1. The first kappa shape index (κ1) is 16.3. The van der Waals surface area contributed by atoms with E-state index in [-0.39, 0.29) is 24.2 Å². The lowest BCUT2D eigenvalue weighted by molar-refractivity contribution is -0.128. The maximum absolute atomic E-state index is 12.5. The standard InChI is InChI=1S/C19H19N5O2/c1-2-24-11-15(7-17(24)25)19(26)23-16-6-14(8-20-10-16)13-5-12-3-4-21-18(12)22-9-13/h3-6,8-10,15H,2,7,11H2,1H3,(H,21,22)(H,23,26). The van der Waals surface area contributed by atoms with Crippen LogP contribution in [0.5, 0.6) is 0 Å². The average Bonchev–Trinajstić information content (AvgIpc) is 3.27. The molecule has 0 aromatic carbocycles. The lowest BCUT2D eigenvalue weighted by Crippen LogP contribution is -2.28. The minimum atomic E-state index is -0.316. The molecule has 2 amide bonds. The molecule has 26 heavy (non-hydrogen) atoms. The number of nitrogens with zero attached hydrogens (tertiary/aromatic N) is 3. The summed E-state index contributed by atoms with van der Waals surface area (Å²) in [5, 5.41) is 3.90. The summed E-state index contributed by atoms with van der Waals surface area (Å²) >= 11 is 0. The molecule has 3 aromatic rings.